The van der Waals surface area contributed by atoms with Crippen LogP contribution in [0.2, 0.25) is 0 Å². The predicted octanol–water partition coefficient (Wildman–Crippen LogP) is 4.11. The Morgan fingerprint density at radius 2 is 1.29 bits per heavy atom. The molecule has 0 radical (unpaired) electrons. The quantitative estimate of drug-likeness (QED) is 0.606. The number of halogens is 7. The molecular formula is C10H6F7NO3. The van der Waals surface area contributed by atoms with Gasteiger partial charge in [-0.05, 0) is 5.18 Å². The van der Waals surface area contributed by atoms with Crippen molar-refractivity contribution in [1.82, 2.24) is 0 Å². The summed E-state index contributed by atoms with van der Waals surface area (Å²) >= 11 is 0. The number of rotatable bonds is 5. The van der Waals surface area contributed by atoms with E-state index in [2.05, 4.69) is 14.7 Å². The minimum atomic E-state index is -4.79. The molecule has 0 N–H and O–H groups in total. The Morgan fingerprint density at radius 1 is 0.905 bits per heavy atom. The lowest BCUT2D eigenvalue weighted by Gasteiger charge is -2.14. The van der Waals surface area contributed by atoms with E-state index in [1.54, 1.807) is 0 Å². The van der Waals surface area contributed by atoms with Gasteiger partial charge in [-0.25, -0.2) is 4.39 Å². The Bertz CT molecular complexity index is 473. The molecule has 1 aromatic rings. The molecule has 11 heteroatoms. The monoisotopic (exact) mass is 321 g/mol. The molecule has 0 aromatic heterocycles. The van der Waals surface area contributed by atoms with Crippen LogP contribution in [-0.4, -0.2) is 25.6 Å². The average molecular weight is 321 g/mol. The fraction of sp³-hybridized carbons (Fsp3) is 0.400. The Morgan fingerprint density at radius 3 is 1.57 bits per heavy atom. The van der Waals surface area contributed by atoms with E-state index in [4.69, 9.17) is 0 Å². The Hall–Kier alpha value is -2.07. The highest BCUT2D eigenvalue weighted by Gasteiger charge is 2.31. The van der Waals surface area contributed by atoms with E-state index < -0.39 is 48.6 Å². The van der Waals surface area contributed by atoms with Gasteiger partial charge < -0.3 is 9.47 Å². The molecule has 0 unspecified atom stereocenters. The van der Waals surface area contributed by atoms with Crippen LogP contribution in [-0.2, 0) is 0 Å². The maximum absolute atomic E-state index is 13.1. The van der Waals surface area contributed by atoms with Gasteiger partial charge in [-0.1, -0.05) is 0 Å². The Labute approximate surface area is 112 Å². The van der Waals surface area contributed by atoms with Crippen LogP contribution in [0.15, 0.2) is 17.3 Å². The van der Waals surface area contributed by atoms with Gasteiger partial charge in [0.2, 0.25) is 0 Å². The maximum Gasteiger partial charge on any atom is 0.422 e. The number of alkyl halides is 6. The first-order valence-corrected chi connectivity index (χ1v) is 5.08. The zero-order valence-electron chi connectivity index (χ0n) is 9.89. The van der Waals surface area contributed by atoms with Crippen LogP contribution in [0.5, 0.6) is 11.5 Å². The summed E-state index contributed by atoms with van der Waals surface area (Å²) in [6, 6.07) is 0.756. The molecule has 0 fully saturated rings. The van der Waals surface area contributed by atoms with Gasteiger partial charge in [0, 0.05) is 12.1 Å². The maximum atomic E-state index is 13.1. The second-order valence-electron chi connectivity index (χ2n) is 3.65. The molecule has 0 spiro atoms. The third-order valence-corrected chi connectivity index (χ3v) is 1.88. The van der Waals surface area contributed by atoms with E-state index in [0.717, 1.165) is 0 Å². The SMILES string of the molecule is O=Nc1c(OCC(F)(F)F)cc(F)cc1OCC(F)(F)F. The number of nitrogens with zero attached hydrogens (tertiary/aromatic N) is 1. The minimum Gasteiger partial charge on any atom is -0.481 e. The van der Waals surface area contributed by atoms with Crippen molar-refractivity contribution in [2.24, 2.45) is 5.18 Å². The molecule has 1 rings (SSSR count). The first-order chi connectivity index (χ1) is 9.52. The normalized spacial score (nSPS) is 12.1. The average Bonchev–Trinajstić information content (AvgIpc) is 2.31. The number of hydrogen-bond acceptors (Lipinski definition) is 4. The first kappa shape index (κ1) is 17.0. The zero-order chi connectivity index (χ0) is 16.3. The minimum absolute atomic E-state index is 0.378. The number of hydrogen-bond donors (Lipinski definition) is 0. The van der Waals surface area contributed by atoms with Crippen molar-refractivity contribution in [2.45, 2.75) is 12.4 Å². The van der Waals surface area contributed by atoms with E-state index >= 15 is 0 Å². The van der Waals surface area contributed by atoms with Crippen molar-refractivity contribution in [1.29, 1.82) is 0 Å². The van der Waals surface area contributed by atoms with Crippen LogP contribution in [0.3, 0.4) is 0 Å². The summed E-state index contributed by atoms with van der Waals surface area (Å²) in [5, 5.41) is 2.21. The van der Waals surface area contributed by atoms with Crippen molar-refractivity contribution in [3.8, 4) is 11.5 Å². The summed E-state index contributed by atoms with van der Waals surface area (Å²) in [6.45, 7) is -3.75. The van der Waals surface area contributed by atoms with E-state index in [-0.39, 0.29) is 0 Å². The number of benzene rings is 1. The van der Waals surface area contributed by atoms with E-state index in [9.17, 15) is 35.6 Å². The van der Waals surface area contributed by atoms with Gasteiger partial charge in [0.1, 0.15) is 5.82 Å². The number of nitroso groups, excluding NO2 is 1. The van der Waals surface area contributed by atoms with Crippen LogP contribution in [0.4, 0.5) is 36.4 Å². The first-order valence-electron chi connectivity index (χ1n) is 5.08. The van der Waals surface area contributed by atoms with Gasteiger partial charge >= 0.3 is 12.4 Å². The van der Waals surface area contributed by atoms with E-state index in [1.165, 1.54) is 0 Å². The fourth-order valence-corrected chi connectivity index (χ4v) is 1.18. The second-order valence-corrected chi connectivity index (χ2v) is 3.65. The Kier molecular flexibility index (Phi) is 4.97. The molecular weight excluding hydrogens is 315 g/mol. The molecule has 0 bridgehead atoms. The van der Waals surface area contributed by atoms with Crippen LogP contribution >= 0.6 is 0 Å². The van der Waals surface area contributed by atoms with Crippen LogP contribution in [0.25, 0.3) is 0 Å². The molecule has 0 aliphatic rings. The van der Waals surface area contributed by atoms with Gasteiger partial charge in [-0.15, -0.1) is 4.91 Å². The highest BCUT2D eigenvalue weighted by molar-refractivity contribution is 5.62. The van der Waals surface area contributed by atoms with Crippen molar-refractivity contribution in [2.75, 3.05) is 13.2 Å². The lowest BCUT2D eigenvalue weighted by Crippen LogP contribution is -2.20. The molecule has 0 atom stereocenters. The molecule has 0 aliphatic heterocycles. The van der Waals surface area contributed by atoms with Crippen molar-refractivity contribution >= 4 is 5.69 Å². The van der Waals surface area contributed by atoms with Gasteiger partial charge in [0.15, 0.2) is 30.4 Å². The summed E-state index contributed by atoms with van der Waals surface area (Å²) in [7, 11) is 0. The van der Waals surface area contributed by atoms with Gasteiger partial charge in [-0.2, -0.15) is 26.3 Å². The fourth-order valence-electron chi connectivity index (χ4n) is 1.18. The van der Waals surface area contributed by atoms with Crippen LogP contribution < -0.4 is 9.47 Å². The second kappa shape index (κ2) is 6.14. The summed E-state index contributed by atoms with van der Waals surface area (Å²) in [6.07, 6.45) is -9.58. The highest BCUT2D eigenvalue weighted by Crippen LogP contribution is 2.39. The summed E-state index contributed by atoms with van der Waals surface area (Å²) < 4.78 is 93.2. The molecule has 0 saturated heterocycles. The number of ether oxygens (including phenoxy) is 2. The van der Waals surface area contributed by atoms with Crippen molar-refractivity contribution in [3.05, 3.63) is 22.9 Å². The van der Waals surface area contributed by atoms with Crippen LogP contribution in [0.1, 0.15) is 0 Å². The molecule has 0 amide bonds. The molecule has 0 saturated carbocycles. The molecule has 118 valence electrons. The third kappa shape index (κ3) is 5.83. The molecule has 21 heavy (non-hydrogen) atoms. The Balaban J connectivity index is 3.03. The summed E-state index contributed by atoms with van der Waals surface area (Å²) in [5.41, 5.74) is -0.995. The van der Waals surface area contributed by atoms with E-state index in [1.807, 2.05) is 0 Å². The summed E-state index contributed by atoms with van der Waals surface area (Å²) in [5.74, 6) is -3.20. The van der Waals surface area contributed by atoms with Gasteiger partial charge in [0.05, 0.1) is 0 Å². The third-order valence-electron chi connectivity index (χ3n) is 1.88. The van der Waals surface area contributed by atoms with E-state index in [0.29, 0.717) is 12.1 Å². The largest absolute Gasteiger partial charge is 0.481 e. The smallest absolute Gasteiger partial charge is 0.422 e. The topological polar surface area (TPSA) is 47.9 Å². The summed E-state index contributed by atoms with van der Waals surface area (Å²) in [4.78, 5) is 10.5. The molecule has 1 aromatic carbocycles. The van der Waals surface area contributed by atoms with Gasteiger partial charge in [-0.3, -0.25) is 0 Å². The molecule has 0 aliphatic carbocycles. The molecule has 0 heterocycles. The van der Waals surface area contributed by atoms with Crippen molar-refractivity contribution in [3.63, 3.8) is 0 Å². The lowest BCUT2D eigenvalue weighted by atomic mass is 10.2. The standard InChI is InChI=1S/C10H6F7NO3/c11-5-1-6(20-3-9(12,13)14)8(18-19)7(2-5)21-4-10(15,16)17/h1-2H,3-4H2. The van der Waals surface area contributed by atoms with Crippen molar-refractivity contribution < 1.29 is 40.2 Å². The lowest BCUT2D eigenvalue weighted by molar-refractivity contribution is -0.153. The molecule has 4 nitrogen and oxygen atoms in total. The van der Waals surface area contributed by atoms with Crippen LogP contribution in [0, 0.1) is 10.7 Å². The zero-order valence-corrected chi connectivity index (χ0v) is 9.89. The highest BCUT2D eigenvalue weighted by atomic mass is 19.4. The predicted molar refractivity (Wildman–Crippen MR) is 55.0 cm³/mol. The van der Waals surface area contributed by atoms with Gasteiger partial charge in [0.25, 0.3) is 0 Å².